The number of esters is 1. The van der Waals surface area contributed by atoms with Gasteiger partial charge in [0, 0.05) is 5.92 Å². The quantitative estimate of drug-likeness (QED) is 0.383. The third-order valence-electron chi connectivity index (χ3n) is 1.77. The van der Waals surface area contributed by atoms with E-state index in [0.717, 1.165) is 27.1 Å². The second-order valence-electron chi connectivity index (χ2n) is 4.50. The summed E-state index contributed by atoms with van der Waals surface area (Å²) in [6.45, 7) is 5.39. The summed E-state index contributed by atoms with van der Waals surface area (Å²) < 4.78 is 5.03. The molecule has 0 spiro atoms. The number of Topliss-reactive ketones (excluding diaryl/α,β-unsaturated/α-hetero) is 1. The zero-order valence-corrected chi connectivity index (χ0v) is 13.4. The fraction of sp³-hybridized carbons (Fsp3) is 0.833. The van der Waals surface area contributed by atoms with E-state index in [9.17, 15) is 9.59 Å². The number of carbonyl (C=O) groups is 2. The van der Waals surface area contributed by atoms with E-state index in [1.807, 2.05) is 0 Å². The maximum absolute atomic E-state index is 11.2. The van der Waals surface area contributed by atoms with Crippen molar-refractivity contribution >= 4 is 34.8 Å². The first-order valence-electron chi connectivity index (χ1n) is 5.45. The first-order valence-corrected chi connectivity index (χ1v) is 5.45. The van der Waals surface area contributed by atoms with Crippen LogP contribution in [-0.4, -0.2) is 54.6 Å². The molecule has 0 atom stereocenters. The Labute approximate surface area is 125 Å². The molecule has 0 unspecified atom stereocenters. The molecule has 102 valence electrons. The van der Waals surface area contributed by atoms with Gasteiger partial charge in [-0.15, -0.1) is 0 Å². The van der Waals surface area contributed by atoms with Crippen molar-refractivity contribution in [1.29, 1.82) is 0 Å². The van der Waals surface area contributed by atoms with E-state index < -0.39 is 11.6 Å². The molecule has 0 aliphatic heterocycles. The summed E-state index contributed by atoms with van der Waals surface area (Å²) in [5.41, 5.74) is -0.485. The molecule has 18 heavy (non-hydrogen) atoms. The molecule has 0 radical (unpaired) electrons. The number of ketones is 1. The molecule has 0 saturated heterocycles. The van der Waals surface area contributed by atoms with E-state index in [1.54, 1.807) is 20.8 Å². The van der Waals surface area contributed by atoms with Crippen LogP contribution in [0.1, 0.15) is 40.0 Å². The number of hydrogen-bond acceptors (Lipinski definition) is 5. The summed E-state index contributed by atoms with van der Waals surface area (Å²) in [5.74, 6) is -0.217. The van der Waals surface area contributed by atoms with Crippen LogP contribution in [0.25, 0.3) is 0 Å². The third-order valence-corrected chi connectivity index (χ3v) is 1.77. The van der Waals surface area contributed by atoms with Crippen LogP contribution in [0.5, 0.6) is 0 Å². The Morgan fingerprint density at radius 1 is 1.11 bits per heavy atom. The minimum Gasteiger partial charge on any atom is -0.857 e. The van der Waals surface area contributed by atoms with Crippen molar-refractivity contribution in [1.82, 2.24) is 0 Å². The van der Waals surface area contributed by atoms with Crippen LogP contribution in [-0.2, 0) is 14.3 Å². The summed E-state index contributed by atoms with van der Waals surface area (Å²) >= 11 is 0. The van der Waals surface area contributed by atoms with Crippen molar-refractivity contribution in [3.63, 3.8) is 0 Å². The largest absolute Gasteiger partial charge is 2.00 e. The second-order valence-corrected chi connectivity index (χ2v) is 4.50. The fourth-order valence-electron chi connectivity index (χ4n) is 1.07. The van der Waals surface area contributed by atoms with Crippen molar-refractivity contribution in [2.45, 2.75) is 45.6 Å². The van der Waals surface area contributed by atoms with Gasteiger partial charge >= 0.3 is 29.0 Å². The van der Waals surface area contributed by atoms with Gasteiger partial charge in [0.15, 0.2) is 0 Å². The van der Waals surface area contributed by atoms with E-state index in [4.69, 9.17) is 14.9 Å². The monoisotopic (exact) mass is 270 g/mol. The first kappa shape index (κ1) is 23.0. The Bertz CT molecular complexity index is 231. The summed E-state index contributed by atoms with van der Waals surface area (Å²) in [7, 11) is 1.50. The van der Waals surface area contributed by atoms with Gasteiger partial charge in [0.25, 0.3) is 0 Å². The van der Waals surface area contributed by atoms with Gasteiger partial charge in [-0.2, -0.15) is 14.2 Å². The van der Waals surface area contributed by atoms with Crippen molar-refractivity contribution in [3.8, 4) is 0 Å². The first-order chi connectivity index (χ1) is 7.88. The number of rotatable bonds is 3. The predicted molar refractivity (Wildman–Crippen MR) is 65.8 cm³/mol. The molecule has 0 aromatic carbocycles. The molecule has 1 rings (SSSR count). The zero-order chi connectivity index (χ0) is 14.1. The molecule has 5 nitrogen and oxygen atoms in total. The van der Waals surface area contributed by atoms with Gasteiger partial charge in [-0.25, -0.2) is 0 Å². The number of carbonyl (C=O) groups excluding carboxylic acids is 2. The van der Waals surface area contributed by atoms with E-state index >= 15 is 0 Å². The minimum atomic E-state index is -0.485. The van der Waals surface area contributed by atoms with Crippen LogP contribution in [0.15, 0.2) is 0 Å². The van der Waals surface area contributed by atoms with Gasteiger partial charge in [-0.05, 0) is 33.6 Å². The molecule has 0 N–H and O–H groups in total. The topological polar surface area (TPSA) is 89.5 Å². The summed E-state index contributed by atoms with van der Waals surface area (Å²) in [6.07, 6.45) is 1.84. The van der Waals surface area contributed by atoms with Crippen LogP contribution >= 0.6 is 0 Å². The van der Waals surface area contributed by atoms with Crippen molar-refractivity contribution in [2.75, 3.05) is 14.2 Å². The maximum Gasteiger partial charge on any atom is 2.00 e. The summed E-state index contributed by atoms with van der Waals surface area (Å²) in [4.78, 5) is 22.4. The molecule has 1 aliphatic rings. The van der Waals surface area contributed by atoms with E-state index in [-0.39, 0.29) is 41.2 Å². The molecule has 0 bridgehead atoms. The fourth-order valence-corrected chi connectivity index (χ4v) is 1.07. The van der Waals surface area contributed by atoms with Crippen LogP contribution in [0, 0.1) is 5.92 Å². The maximum atomic E-state index is 11.2. The van der Waals surface area contributed by atoms with Gasteiger partial charge in [-0.3, -0.25) is 9.59 Å². The average Bonchev–Trinajstić information content (AvgIpc) is 3.04. The molecule has 0 aromatic heterocycles. The average molecular weight is 271 g/mol. The van der Waals surface area contributed by atoms with Crippen LogP contribution in [0.3, 0.4) is 0 Å². The van der Waals surface area contributed by atoms with Crippen molar-refractivity contribution < 1.29 is 24.5 Å². The SMILES string of the molecule is CC(C)(C)OC(=O)CC(=O)C1CC1.C[O-].C[O-].[Mg+2]. The van der Waals surface area contributed by atoms with Gasteiger partial charge < -0.3 is 14.9 Å². The van der Waals surface area contributed by atoms with E-state index in [1.165, 1.54) is 0 Å². The molecule has 1 saturated carbocycles. The number of ether oxygens (including phenoxy) is 1. The second kappa shape index (κ2) is 11.9. The predicted octanol–water partition coefficient (Wildman–Crippen LogP) is -0.730. The smallest absolute Gasteiger partial charge is 0.857 e. The molecule has 6 heteroatoms. The van der Waals surface area contributed by atoms with Gasteiger partial charge in [0.1, 0.15) is 17.8 Å². The van der Waals surface area contributed by atoms with Gasteiger partial charge in [0.05, 0.1) is 0 Å². The molecule has 0 heterocycles. The molecular weight excluding hydrogens is 248 g/mol. The van der Waals surface area contributed by atoms with E-state index in [0.29, 0.717) is 0 Å². The van der Waals surface area contributed by atoms with Crippen molar-refractivity contribution in [3.05, 3.63) is 0 Å². The zero-order valence-electron chi connectivity index (χ0n) is 11.9. The van der Waals surface area contributed by atoms with Crippen LogP contribution < -0.4 is 10.2 Å². The Morgan fingerprint density at radius 3 is 1.78 bits per heavy atom. The Balaban J connectivity index is -0.000000409. The molecule has 0 aromatic rings. The Morgan fingerprint density at radius 2 is 1.50 bits per heavy atom. The Hall–Kier alpha value is -0.174. The normalized spacial score (nSPS) is 12.8. The summed E-state index contributed by atoms with van der Waals surface area (Å²) in [6, 6.07) is 0. The molecular formula is C12H22MgO5. The Kier molecular flexibility index (Phi) is 15.2. The molecule has 1 fully saturated rings. The standard InChI is InChI=1S/C10H16O3.2CH3O.Mg/c1-10(2,3)13-9(12)6-8(11)7-4-5-7;2*1-2;/h7H,4-6H2,1-3H3;2*1H3;/q;2*-1;+2. The summed E-state index contributed by atoms with van der Waals surface area (Å²) in [5, 5.41) is 16.5. The molecule has 0 amide bonds. The van der Waals surface area contributed by atoms with Gasteiger partial charge in [0.2, 0.25) is 0 Å². The van der Waals surface area contributed by atoms with Crippen molar-refractivity contribution in [2.24, 2.45) is 5.92 Å². The minimum absolute atomic E-state index is 0. The van der Waals surface area contributed by atoms with Crippen LogP contribution in [0.4, 0.5) is 0 Å². The third kappa shape index (κ3) is 13.9. The van der Waals surface area contributed by atoms with Gasteiger partial charge in [-0.1, -0.05) is 0 Å². The molecule has 1 aliphatic carbocycles. The van der Waals surface area contributed by atoms with E-state index in [2.05, 4.69) is 0 Å². The number of hydrogen-bond donors (Lipinski definition) is 0. The van der Waals surface area contributed by atoms with Crippen LogP contribution in [0.2, 0.25) is 0 Å².